The number of alkyl halides is 3. The van der Waals surface area contributed by atoms with Crippen LogP contribution >= 0.6 is 0 Å². The topological polar surface area (TPSA) is 81.4 Å². The van der Waals surface area contributed by atoms with Gasteiger partial charge in [-0.05, 0) is 42.8 Å². The fraction of sp³-hybridized carbons (Fsp3) is 0.143. The maximum absolute atomic E-state index is 13.5. The second-order valence-electron chi connectivity index (χ2n) is 8.57. The summed E-state index contributed by atoms with van der Waals surface area (Å²) in [6, 6.07) is 19.4. The summed E-state index contributed by atoms with van der Waals surface area (Å²) in [6.45, 7) is 1.97. The third kappa shape index (κ3) is 4.93. The molecule has 0 fully saturated rings. The van der Waals surface area contributed by atoms with Crippen LogP contribution in [0.5, 0.6) is 0 Å². The number of carbonyl (C=O) groups is 1. The van der Waals surface area contributed by atoms with Gasteiger partial charge in [-0.15, -0.1) is 0 Å². The number of nitrogens with zero attached hydrogens (tertiary/aromatic N) is 4. The Kier molecular flexibility index (Phi) is 6.54. The van der Waals surface area contributed by atoms with Gasteiger partial charge >= 0.3 is 12.1 Å². The van der Waals surface area contributed by atoms with E-state index in [-0.39, 0.29) is 22.9 Å². The molecule has 10 heteroatoms. The molecule has 0 aliphatic carbocycles. The van der Waals surface area contributed by atoms with Crippen LogP contribution in [0.25, 0.3) is 28.3 Å². The van der Waals surface area contributed by atoms with Gasteiger partial charge < -0.3 is 10.1 Å². The van der Waals surface area contributed by atoms with E-state index in [2.05, 4.69) is 20.3 Å². The Balaban J connectivity index is 1.66. The highest BCUT2D eigenvalue weighted by Crippen LogP contribution is 2.36. The number of ether oxygens (including phenoxy) is 1. The molecule has 0 spiro atoms. The molecule has 5 rings (SSSR count). The van der Waals surface area contributed by atoms with Crippen molar-refractivity contribution in [3.05, 3.63) is 102 Å². The molecule has 0 amide bonds. The minimum atomic E-state index is -4.52. The molecule has 3 aromatic heterocycles. The zero-order chi connectivity index (χ0) is 26.9. The molecule has 3 heterocycles. The number of aromatic nitrogens is 4. The largest absolute Gasteiger partial charge is 0.465 e. The first kappa shape index (κ1) is 24.9. The Morgan fingerprint density at radius 3 is 2.53 bits per heavy atom. The van der Waals surface area contributed by atoms with Gasteiger partial charge in [-0.1, -0.05) is 42.5 Å². The van der Waals surface area contributed by atoms with Crippen molar-refractivity contribution < 1.29 is 22.7 Å². The molecule has 0 bridgehead atoms. The number of esters is 1. The molecule has 0 saturated heterocycles. The van der Waals surface area contributed by atoms with Gasteiger partial charge in [-0.25, -0.2) is 19.7 Å². The smallest absolute Gasteiger partial charge is 0.416 e. The third-order valence-electron chi connectivity index (χ3n) is 6.05. The molecular weight excluding hydrogens is 495 g/mol. The zero-order valence-electron chi connectivity index (χ0n) is 20.4. The molecule has 0 saturated carbocycles. The first-order valence-electron chi connectivity index (χ1n) is 11.7. The highest BCUT2D eigenvalue weighted by Gasteiger charge is 2.31. The van der Waals surface area contributed by atoms with Crippen LogP contribution in [0.4, 0.5) is 19.1 Å². The Hall–Kier alpha value is -4.73. The van der Waals surface area contributed by atoms with Gasteiger partial charge in [0.05, 0.1) is 41.4 Å². The van der Waals surface area contributed by atoms with E-state index in [1.165, 1.54) is 19.4 Å². The predicted molar refractivity (Wildman–Crippen MR) is 136 cm³/mol. The van der Waals surface area contributed by atoms with Gasteiger partial charge in [-0.3, -0.25) is 4.40 Å². The molecule has 0 unspecified atom stereocenters. The lowest BCUT2D eigenvalue weighted by Gasteiger charge is -2.15. The fourth-order valence-corrected chi connectivity index (χ4v) is 4.15. The number of benzene rings is 2. The second kappa shape index (κ2) is 9.97. The summed E-state index contributed by atoms with van der Waals surface area (Å²) in [4.78, 5) is 25.8. The van der Waals surface area contributed by atoms with Gasteiger partial charge in [0.1, 0.15) is 5.65 Å². The standard InChI is InChI=1S/C28H22F3N5O2/c1-17(18-7-4-3-5-8-18)33-27-32-14-13-22(34-27)25-24(19-9-6-10-21(15-19)28(29,30)31)35-23-12-11-20(16-36(23)25)26(37)38-2/h3-17H,1-2H3,(H,32,33,34)/t17-/m0/s1. The molecule has 0 aliphatic heterocycles. The quantitative estimate of drug-likeness (QED) is 0.261. The Morgan fingerprint density at radius 1 is 1.00 bits per heavy atom. The highest BCUT2D eigenvalue weighted by molar-refractivity contribution is 5.90. The minimum Gasteiger partial charge on any atom is -0.465 e. The second-order valence-corrected chi connectivity index (χ2v) is 8.57. The van der Waals surface area contributed by atoms with Crippen molar-refractivity contribution in [2.75, 3.05) is 12.4 Å². The van der Waals surface area contributed by atoms with Crippen molar-refractivity contribution in [1.29, 1.82) is 0 Å². The number of imidazole rings is 1. The zero-order valence-corrected chi connectivity index (χ0v) is 20.4. The lowest BCUT2D eigenvalue weighted by Crippen LogP contribution is -2.10. The maximum atomic E-state index is 13.5. The number of pyridine rings is 1. The Labute approximate surface area is 216 Å². The summed E-state index contributed by atoms with van der Waals surface area (Å²) in [6.07, 6.45) is -1.43. The van der Waals surface area contributed by atoms with E-state index in [0.29, 0.717) is 23.0 Å². The summed E-state index contributed by atoms with van der Waals surface area (Å²) in [5, 5.41) is 3.26. The van der Waals surface area contributed by atoms with E-state index >= 15 is 0 Å². The molecule has 1 N–H and O–H groups in total. The Bertz CT molecular complexity index is 1620. The highest BCUT2D eigenvalue weighted by atomic mass is 19.4. The third-order valence-corrected chi connectivity index (χ3v) is 6.05. The number of rotatable bonds is 6. The van der Waals surface area contributed by atoms with Crippen LogP contribution in [-0.2, 0) is 10.9 Å². The van der Waals surface area contributed by atoms with Crippen LogP contribution < -0.4 is 5.32 Å². The van der Waals surface area contributed by atoms with E-state index < -0.39 is 17.7 Å². The van der Waals surface area contributed by atoms with Crippen molar-refractivity contribution in [1.82, 2.24) is 19.4 Å². The first-order chi connectivity index (χ1) is 18.2. The average molecular weight is 518 g/mol. The molecular formula is C28H22F3N5O2. The number of methoxy groups -OCH3 is 1. The summed E-state index contributed by atoms with van der Waals surface area (Å²) in [5.74, 6) is -0.234. The fourth-order valence-electron chi connectivity index (χ4n) is 4.15. The van der Waals surface area contributed by atoms with Crippen molar-refractivity contribution in [3.63, 3.8) is 0 Å². The summed E-state index contributed by atoms with van der Waals surface area (Å²) >= 11 is 0. The number of anilines is 1. The molecule has 1 atom stereocenters. The van der Waals surface area contributed by atoms with Crippen LogP contribution in [0.3, 0.4) is 0 Å². The molecule has 0 aliphatic rings. The maximum Gasteiger partial charge on any atom is 0.416 e. The van der Waals surface area contributed by atoms with Gasteiger partial charge in [0.15, 0.2) is 0 Å². The number of nitrogens with one attached hydrogen (secondary N) is 1. The number of carbonyl (C=O) groups excluding carboxylic acids is 1. The molecule has 5 aromatic rings. The first-order valence-corrected chi connectivity index (χ1v) is 11.7. The van der Waals surface area contributed by atoms with Crippen molar-refractivity contribution in [3.8, 4) is 22.6 Å². The van der Waals surface area contributed by atoms with E-state index in [4.69, 9.17) is 4.74 Å². The van der Waals surface area contributed by atoms with Gasteiger partial charge in [0.2, 0.25) is 5.95 Å². The SMILES string of the molecule is COC(=O)c1ccc2nc(-c3cccc(C(F)(F)F)c3)c(-c3ccnc(N[C@@H](C)c4ccccc4)n3)n2c1. The van der Waals surface area contributed by atoms with Crippen molar-refractivity contribution in [2.45, 2.75) is 19.1 Å². The monoisotopic (exact) mass is 517 g/mol. The van der Waals surface area contributed by atoms with Crippen LogP contribution in [-0.4, -0.2) is 32.4 Å². The minimum absolute atomic E-state index is 0.109. The summed E-state index contributed by atoms with van der Waals surface area (Å²) in [5.41, 5.74) is 2.25. The van der Waals surface area contributed by atoms with Crippen molar-refractivity contribution in [2.24, 2.45) is 0 Å². The van der Waals surface area contributed by atoms with Crippen LogP contribution in [0, 0.1) is 0 Å². The van der Waals surface area contributed by atoms with Crippen LogP contribution in [0.15, 0.2) is 85.2 Å². The molecule has 2 aromatic carbocycles. The van der Waals surface area contributed by atoms with Crippen LogP contribution in [0.1, 0.15) is 34.5 Å². The van der Waals surface area contributed by atoms with Gasteiger partial charge in [0.25, 0.3) is 0 Å². The van der Waals surface area contributed by atoms with E-state index in [0.717, 1.165) is 17.7 Å². The van der Waals surface area contributed by atoms with Crippen molar-refractivity contribution >= 4 is 17.6 Å². The average Bonchev–Trinajstić information content (AvgIpc) is 3.32. The summed E-state index contributed by atoms with van der Waals surface area (Å²) < 4.78 is 47.0. The predicted octanol–water partition coefficient (Wildman–Crippen LogP) is 6.44. The van der Waals surface area contributed by atoms with E-state index in [9.17, 15) is 18.0 Å². The Morgan fingerprint density at radius 2 is 1.79 bits per heavy atom. The van der Waals surface area contributed by atoms with Crippen LogP contribution in [0.2, 0.25) is 0 Å². The van der Waals surface area contributed by atoms with E-state index in [1.54, 1.807) is 34.9 Å². The molecule has 192 valence electrons. The lowest BCUT2D eigenvalue weighted by molar-refractivity contribution is -0.137. The number of fused-ring (bicyclic) bond motifs is 1. The van der Waals surface area contributed by atoms with E-state index in [1.807, 2.05) is 37.3 Å². The lowest BCUT2D eigenvalue weighted by atomic mass is 10.0. The summed E-state index contributed by atoms with van der Waals surface area (Å²) in [7, 11) is 1.27. The molecule has 0 radical (unpaired) electrons. The normalized spacial score (nSPS) is 12.3. The number of hydrogen-bond acceptors (Lipinski definition) is 6. The molecule has 7 nitrogen and oxygen atoms in total. The van der Waals surface area contributed by atoms with Gasteiger partial charge in [-0.2, -0.15) is 13.2 Å². The molecule has 38 heavy (non-hydrogen) atoms. The number of halogens is 3. The van der Waals surface area contributed by atoms with Gasteiger partial charge in [0, 0.05) is 18.0 Å². The number of hydrogen-bond donors (Lipinski definition) is 1.